The van der Waals surface area contributed by atoms with E-state index >= 15 is 0 Å². The van der Waals surface area contributed by atoms with Crippen molar-refractivity contribution < 1.29 is 4.74 Å². The summed E-state index contributed by atoms with van der Waals surface area (Å²) >= 11 is 0. The fourth-order valence-corrected chi connectivity index (χ4v) is 2.49. The maximum Gasteiger partial charge on any atom is 0.250 e. The molecule has 0 radical (unpaired) electrons. The number of anilines is 1. The van der Waals surface area contributed by atoms with Crippen LogP contribution < -0.4 is 10.9 Å². The number of rotatable bonds is 4. The molecule has 3 rings (SSSR count). The van der Waals surface area contributed by atoms with E-state index in [2.05, 4.69) is 17.4 Å². The molecule has 1 N–H and O–H groups in total. The SMILES string of the molecule is O=c1ccccn1CCOC1CNc2ccccc2C1. The van der Waals surface area contributed by atoms with Crippen molar-refractivity contribution in [3.63, 3.8) is 0 Å². The van der Waals surface area contributed by atoms with Crippen LogP contribution in [0.3, 0.4) is 0 Å². The topological polar surface area (TPSA) is 43.3 Å². The summed E-state index contributed by atoms with van der Waals surface area (Å²) in [4.78, 5) is 11.6. The number of nitrogens with one attached hydrogen (secondary N) is 1. The minimum Gasteiger partial charge on any atom is -0.382 e. The van der Waals surface area contributed by atoms with Gasteiger partial charge < -0.3 is 14.6 Å². The first-order chi connectivity index (χ1) is 9.83. The largest absolute Gasteiger partial charge is 0.382 e. The van der Waals surface area contributed by atoms with Crippen LogP contribution in [0.25, 0.3) is 0 Å². The van der Waals surface area contributed by atoms with E-state index in [1.54, 1.807) is 22.9 Å². The van der Waals surface area contributed by atoms with Crippen LogP contribution in [-0.4, -0.2) is 23.8 Å². The first kappa shape index (κ1) is 12.9. The van der Waals surface area contributed by atoms with Gasteiger partial charge in [0.1, 0.15) is 0 Å². The van der Waals surface area contributed by atoms with Crippen LogP contribution in [0.15, 0.2) is 53.5 Å². The number of pyridine rings is 1. The summed E-state index contributed by atoms with van der Waals surface area (Å²) in [6, 6.07) is 13.5. The van der Waals surface area contributed by atoms with Gasteiger partial charge in [-0.15, -0.1) is 0 Å². The van der Waals surface area contributed by atoms with Gasteiger partial charge >= 0.3 is 0 Å². The predicted octanol–water partition coefficient (Wildman–Crippen LogP) is 1.90. The molecule has 0 fully saturated rings. The van der Waals surface area contributed by atoms with E-state index < -0.39 is 0 Å². The van der Waals surface area contributed by atoms with Crippen LogP contribution in [0.4, 0.5) is 5.69 Å². The van der Waals surface area contributed by atoms with Gasteiger partial charge in [-0.1, -0.05) is 24.3 Å². The molecule has 1 aliphatic heterocycles. The van der Waals surface area contributed by atoms with Crippen molar-refractivity contribution in [3.05, 3.63) is 64.6 Å². The third-order valence-corrected chi connectivity index (χ3v) is 3.57. The fraction of sp³-hybridized carbons (Fsp3) is 0.312. The average molecular weight is 270 g/mol. The smallest absolute Gasteiger partial charge is 0.250 e. The molecule has 1 unspecified atom stereocenters. The van der Waals surface area contributed by atoms with E-state index in [0.29, 0.717) is 13.2 Å². The number of aromatic nitrogens is 1. The van der Waals surface area contributed by atoms with Gasteiger partial charge in [0.05, 0.1) is 12.7 Å². The first-order valence-corrected chi connectivity index (χ1v) is 6.92. The Hall–Kier alpha value is -2.07. The molecule has 0 saturated heterocycles. The van der Waals surface area contributed by atoms with Crippen LogP contribution in [0.5, 0.6) is 0 Å². The van der Waals surface area contributed by atoms with Crippen LogP contribution in [0.2, 0.25) is 0 Å². The molecule has 0 spiro atoms. The lowest BCUT2D eigenvalue weighted by Gasteiger charge is -2.26. The van der Waals surface area contributed by atoms with Crippen LogP contribution in [0.1, 0.15) is 5.56 Å². The van der Waals surface area contributed by atoms with Gasteiger partial charge in [-0.2, -0.15) is 0 Å². The fourth-order valence-electron chi connectivity index (χ4n) is 2.49. The van der Waals surface area contributed by atoms with Gasteiger partial charge in [0.2, 0.25) is 0 Å². The van der Waals surface area contributed by atoms with Gasteiger partial charge in [-0.25, -0.2) is 0 Å². The highest BCUT2D eigenvalue weighted by molar-refractivity contribution is 5.53. The molecule has 0 saturated carbocycles. The lowest BCUT2D eigenvalue weighted by atomic mass is 10.0. The second-order valence-corrected chi connectivity index (χ2v) is 4.97. The molecule has 0 amide bonds. The Morgan fingerprint density at radius 2 is 2.05 bits per heavy atom. The summed E-state index contributed by atoms with van der Waals surface area (Å²) in [5.41, 5.74) is 2.51. The summed E-state index contributed by atoms with van der Waals surface area (Å²) in [5, 5.41) is 3.38. The summed E-state index contributed by atoms with van der Waals surface area (Å²) in [7, 11) is 0. The number of para-hydroxylation sites is 1. The van der Waals surface area contributed by atoms with Gasteiger partial charge in [-0.05, 0) is 17.7 Å². The number of fused-ring (bicyclic) bond motifs is 1. The summed E-state index contributed by atoms with van der Waals surface area (Å²) in [6.45, 7) is 1.97. The molecule has 4 heteroatoms. The Balaban J connectivity index is 1.53. The van der Waals surface area contributed by atoms with Crippen molar-refractivity contribution in [1.29, 1.82) is 0 Å². The van der Waals surface area contributed by atoms with Crippen molar-refractivity contribution >= 4 is 5.69 Å². The Bertz CT molecular complexity index is 636. The highest BCUT2D eigenvalue weighted by Gasteiger charge is 2.17. The minimum absolute atomic E-state index is 0.0169. The Morgan fingerprint density at radius 3 is 2.95 bits per heavy atom. The predicted molar refractivity (Wildman–Crippen MR) is 79.1 cm³/mol. The zero-order chi connectivity index (χ0) is 13.8. The maximum atomic E-state index is 11.6. The molecule has 20 heavy (non-hydrogen) atoms. The molecular weight excluding hydrogens is 252 g/mol. The van der Waals surface area contributed by atoms with Crippen molar-refractivity contribution in [2.75, 3.05) is 18.5 Å². The van der Waals surface area contributed by atoms with Gasteiger partial charge in [0.25, 0.3) is 5.56 Å². The number of nitrogens with zero attached hydrogens (tertiary/aromatic N) is 1. The molecule has 1 aliphatic rings. The average Bonchev–Trinajstić information content (AvgIpc) is 2.49. The second-order valence-electron chi connectivity index (χ2n) is 4.97. The highest BCUT2D eigenvalue weighted by atomic mass is 16.5. The molecule has 1 aromatic carbocycles. The molecular formula is C16H18N2O2. The zero-order valence-electron chi connectivity index (χ0n) is 11.3. The molecule has 2 heterocycles. The summed E-state index contributed by atoms with van der Waals surface area (Å²) in [5.74, 6) is 0. The molecule has 2 aromatic rings. The lowest BCUT2D eigenvalue weighted by molar-refractivity contribution is 0.0544. The Kier molecular flexibility index (Phi) is 3.83. The number of hydrogen-bond acceptors (Lipinski definition) is 3. The van der Waals surface area contributed by atoms with E-state index in [0.717, 1.165) is 13.0 Å². The monoisotopic (exact) mass is 270 g/mol. The second kappa shape index (κ2) is 5.92. The van der Waals surface area contributed by atoms with Crippen LogP contribution >= 0.6 is 0 Å². The Morgan fingerprint density at radius 1 is 1.20 bits per heavy atom. The van der Waals surface area contributed by atoms with Gasteiger partial charge in [-0.3, -0.25) is 4.79 Å². The van der Waals surface area contributed by atoms with Crippen LogP contribution in [-0.2, 0) is 17.7 Å². The summed E-state index contributed by atoms with van der Waals surface area (Å²) in [6.07, 6.45) is 2.89. The van der Waals surface area contributed by atoms with E-state index in [-0.39, 0.29) is 11.7 Å². The van der Waals surface area contributed by atoms with Crippen LogP contribution in [0, 0.1) is 0 Å². The summed E-state index contributed by atoms with van der Waals surface area (Å²) < 4.78 is 7.55. The maximum absolute atomic E-state index is 11.6. The minimum atomic E-state index is 0.0169. The molecule has 0 bridgehead atoms. The molecule has 104 valence electrons. The van der Waals surface area contributed by atoms with Crippen molar-refractivity contribution in [1.82, 2.24) is 4.57 Å². The normalized spacial score (nSPS) is 17.3. The first-order valence-electron chi connectivity index (χ1n) is 6.92. The van der Waals surface area contributed by atoms with Crippen molar-refractivity contribution in [3.8, 4) is 0 Å². The quantitative estimate of drug-likeness (QED) is 0.923. The molecule has 1 aromatic heterocycles. The van der Waals surface area contributed by atoms with E-state index in [4.69, 9.17) is 4.74 Å². The van der Waals surface area contributed by atoms with E-state index in [1.807, 2.05) is 18.2 Å². The molecule has 0 aliphatic carbocycles. The molecule has 1 atom stereocenters. The Labute approximate surface area is 118 Å². The highest BCUT2D eigenvalue weighted by Crippen LogP contribution is 2.22. The van der Waals surface area contributed by atoms with E-state index in [9.17, 15) is 4.79 Å². The standard InChI is InChI=1S/C16H18N2O2/c19-16-7-3-4-8-18(16)9-10-20-14-11-13-5-1-2-6-15(13)17-12-14/h1-8,14,17H,9-12H2. The number of benzene rings is 1. The van der Waals surface area contributed by atoms with Gasteiger partial charge in [0.15, 0.2) is 0 Å². The number of ether oxygens (including phenoxy) is 1. The zero-order valence-corrected chi connectivity index (χ0v) is 11.3. The van der Waals surface area contributed by atoms with Crippen molar-refractivity contribution in [2.45, 2.75) is 19.1 Å². The third kappa shape index (κ3) is 2.91. The van der Waals surface area contributed by atoms with Crippen molar-refractivity contribution in [2.24, 2.45) is 0 Å². The van der Waals surface area contributed by atoms with E-state index in [1.165, 1.54) is 11.3 Å². The molecule has 4 nitrogen and oxygen atoms in total. The third-order valence-electron chi connectivity index (χ3n) is 3.57. The lowest BCUT2D eigenvalue weighted by Crippen LogP contribution is -2.32. The number of hydrogen-bond donors (Lipinski definition) is 1. The van der Waals surface area contributed by atoms with Gasteiger partial charge in [0, 0.05) is 37.5 Å².